The van der Waals surface area contributed by atoms with Gasteiger partial charge in [0.15, 0.2) is 6.10 Å². The van der Waals surface area contributed by atoms with Crippen LogP contribution in [0.15, 0.2) is 24.3 Å². The standard InChI is InChI=1S/C12H15NO4/c1-8(12(15)16-3)17-11-7-5-4-6-10(11)13-9(2)14/h4-8H,1-3H3,(H,13,14)/t8-/m1/s1. The van der Waals surface area contributed by atoms with Gasteiger partial charge in [0, 0.05) is 6.92 Å². The average Bonchev–Trinajstić information content (AvgIpc) is 2.29. The lowest BCUT2D eigenvalue weighted by molar-refractivity contribution is -0.147. The van der Waals surface area contributed by atoms with Crippen molar-refractivity contribution in [2.45, 2.75) is 20.0 Å². The van der Waals surface area contributed by atoms with E-state index in [1.54, 1.807) is 31.2 Å². The van der Waals surface area contributed by atoms with Crippen LogP contribution in [0.1, 0.15) is 13.8 Å². The normalized spacial score (nSPS) is 11.5. The molecule has 17 heavy (non-hydrogen) atoms. The lowest BCUT2D eigenvalue weighted by Gasteiger charge is -2.15. The second-order valence-electron chi connectivity index (χ2n) is 3.46. The van der Waals surface area contributed by atoms with Crippen LogP contribution >= 0.6 is 0 Å². The van der Waals surface area contributed by atoms with Crippen LogP contribution in [-0.2, 0) is 14.3 Å². The van der Waals surface area contributed by atoms with E-state index in [1.807, 2.05) is 0 Å². The van der Waals surface area contributed by atoms with Crippen molar-refractivity contribution in [1.29, 1.82) is 0 Å². The van der Waals surface area contributed by atoms with Crippen LogP contribution in [-0.4, -0.2) is 25.1 Å². The fourth-order valence-electron chi connectivity index (χ4n) is 1.27. The van der Waals surface area contributed by atoms with Gasteiger partial charge in [-0.05, 0) is 19.1 Å². The molecule has 1 N–H and O–H groups in total. The molecule has 0 aliphatic rings. The summed E-state index contributed by atoms with van der Waals surface area (Å²) < 4.78 is 9.96. The molecule has 5 nitrogen and oxygen atoms in total. The van der Waals surface area contributed by atoms with E-state index >= 15 is 0 Å². The van der Waals surface area contributed by atoms with Gasteiger partial charge in [0.25, 0.3) is 0 Å². The van der Waals surface area contributed by atoms with Gasteiger partial charge in [0.1, 0.15) is 5.75 Å². The van der Waals surface area contributed by atoms with Gasteiger partial charge in [-0.1, -0.05) is 12.1 Å². The van der Waals surface area contributed by atoms with E-state index in [4.69, 9.17) is 4.74 Å². The van der Waals surface area contributed by atoms with Crippen LogP contribution < -0.4 is 10.1 Å². The third-order valence-corrected chi connectivity index (χ3v) is 2.03. The van der Waals surface area contributed by atoms with Crippen molar-refractivity contribution in [3.63, 3.8) is 0 Å². The number of esters is 1. The van der Waals surface area contributed by atoms with E-state index < -0.39 is 12.1 Å². The Morgan fingerprint density at radius 3 is 2.53 bits per heavy atom. The van der Waals surface area contributed by atoms with Gasteiger partial charge in [0.05, 0.1) is 12.8 Å². The number of ether oxygens (including phenoxy) is 2. The first-order valence-electron chi connectivity index (χ1n) is 5.15. The molecular weight excluding hydrogens is 222 g/mol. The van der Waals surface area contributed by atoms with Crippen molar-refractivity contribution in [2.75, 3.05) is 12.4 Å². The Morgan fingerprint density at radius 1 is 1.29 bits per heavy atom. The average molecular weight is 237 g/mol. The van der Waals surface area contributed by atoms with E-state index in [1.165, 1.54) is 14.0 Å². The Hall–Kier alpha value is -2.04. The maximum absolute atomic E-state index is 11.2. The smallest absolute Gasteiger partial charge is 0.346 e. The zero-order valence-corrected chi connectivity index (χ0v) is 10.0. The van der Waals surface area contributed by atoms with Crippen molar-refractivity contribution < 1.29 is 19.1 Å². The summed E-state index contributed by atoms with van der Waals surface area (Å²) in [5, 5.41) is 2.62. The van der Waals surface area contributed by atoms with E-state index in [2.05, 4.69) is 10.1 Å². The van der Waals surface area contributed by atoms with Crippen LogP contribution in [0.25, 0.3) is 0 Å². The summed E-state index contributed by atoms with van der Waals surface area (Å²) in [5.74, 6) is -0.241. The predicted octanol–water partition coefficient (Wildman–Crippen LogP) is 1.59. The maximum atomic E-state index is 11.2. The minimum atomic E-state index is -0.727. The quantitative estimate of drug-likeness (QED) is 0.807. The van der Waals surface area contributed by atoms with Gasteiger partial charge >= 0.3 is 5.97 Å². The number of hydrogen-bond donors (Lipinski definition) is 1. The number of carbonyl (C=O) groups excluding carboxylic acids is 2. The molecule has 0 saturated heterocycles. The van der Waals surface area contributed by atoms with Gasteiger partial charge in [0.2, 0.25) is 5.91 Å². The molecule has 1 amide bonds. The van der Waals surface area contributed by atoms with Crippen LogP contribution in [0.5, 0.6) is 5.75 Å². The van der Waals surface area contributed by atoms with E-state index in [0.717, 1.165) is 0 Å². The molecule has 1 aromatic rings. The first-order valence-corrected chi connectivity index (χ1v) is 5.15. The molecular formula is C12H15NO4. The molecule has 0 aliphatic heterocycles. The molecule has 1 aromatic carbocycles. The van der Waals surface area contributed by atoms with Crippen molar-refractivity contribution in [3.05, 3.63) is 24.3 Å². The highest BCUT2D eigenvalue weighted by Crippen LogP contribution is 2.24. The monoisotopic (exact) mass is 237 g/mol. The molecule has 1 rings (SSSR count). The summed E-state index contributed by atoms with van der Waals surface area (Å²) in [6.45, 7) is 2.98. The van der Waals surface area contributed by atoms with Crippen LogP contribution in [0, 0.1) is 0 Å². The highest BCUT2D eigenvalue weighted by atomic mass is 16.6. The Kier molecular flexibility index (Phi) is 4.51. The maximum Gasteiger partial charge on any atom is 0.346 e. The summed E-state index contributed by atoms with van der Waals surface area (Å²) >= 11 is 0. The van der Waals surface area contributed by atoms with Crippen molar-refractivity contribution in [1.82, 2.24) is 0 Å². The van der Waals surface area contributed by atoms with Gasteiger partial charge < -0.3 is 14.8 Å². The highest BCUT2D eigenvalue weighted by Gasteiger charge is 2.16. The van der Waals surface area contributed by atoms with Crippen LogP contribution in [0.2, 0.25) is 0 Å². The van der Waals surface area contributed by atoms with Crippen LogP contribution in [0.4, 0.5) is 5.69 Å². The van der Waals surface area contributed by atoms with Crippen molar-refractivity contribution in [2.24, 2.45) is 0 Å². The van der Waals surface area contributed by atoms with Crippen molar-refractivity contribution in [3.8, 4) is 5.75 Å². The molecule has 0 fully saturated rings. The molecule has 0 unspecified atom stereocenters. The Morgan fingerprint density at radius 2 is 1.94 bits per heavy atom. The first kappa shape index (κ1) is 13.0. The lowest BCUT2D eigenvalue weighted by Crippen LogP contribution is -2.25. The largest absolute Gasteiger partial charge is 0.477 e. The van der Waals surface area contributed by atoms with Crippen molar-refractivity contribution >= 4 is 17.6 Å². The molecule has 0 aromatic heterocycles. The number of rotatable bonds is 4. The van der Waals surface area contributed by atoms with E-state index in [-0.39, 0.29) is 5.91 Å². The summed E-state index contributed by atoms with van der Waals surface area (Å²) in [5.41, 5.74) is 0.524. The number of hydrogen-bond acceptors (Lipinski definition) is 4. The van der Waals surface area contributed by atoms with Gasteiger partial charge in [-0.2, -0.15) is 0 Å². The molecule has 5 heteroatoms. The number of methoxy groups -OCH3 is 1. The number of nitrogens with one attached hydrogen (secondary N) is 1. The third kappa shape index (κ3) is 3.79. The molecule has 0 aliphatic carbocycles. The first-order chi connectivity index (χ1) is 8.04. The second kappa shape index (κ2) is 5.89. The SMILES string of the molecule is COC(=O)[C@@H](C)Oc1ccccc1NC(C)=O. The molecule has 0 saturated carbocycles. The van der Waals surface area contributed by atoms with Gasteiger partial charge in [-0.3, -0.25) is 4.79 Å². The zero-order chi connectivity index (χ0) is 12.8. The topological polar surface area (TPSA) is 64.6 Å². The summed E-state index contributed by atoms with van der Waals surface area (Å²) in [7, 11) is 1.29. The number of benzene rings is 1. The number of carbonyl (C=O) groups is 2. The zero-order valence-electron chi connectivity index (χ0n) is 10.0. The van der Waals surface area contributed by atoms with E-state index in [9.17, 15) is 9.59 Å². The molecule has 92 valence electrons. The van der Waals surface area contributed by atoms with Gasteiger partial charge in [-0.15, -0.1) is 0 Å². The van der Waals surface area contributed by atoms with Gasteiger partial charge in [-0.25, -0.2) is 4.79 Å². The summed E-state index contributed by atoms with van der Waals surface area (Å²) in [6.07, 6.45) is -0.727. The molecule has 0 spiro atoms. The highest BCUT2D eigenvalue weighted by molar-refractivity contribution is 5.90. The number of para-hydroxylation sites is 2. The Balaban J connectivity index is 2.83. The fourth-order valence-corrected chi connectivity index (χ4v) is 1.27. The second-order valence-corrected chi connectivity index (χ2v) is 3.46. The Labute approximate surface area is 99.7 Å². The minimum absolute atomic E-state index is 0.202. The molecule has 1 atom stereocenters. The lowest BCUT2D eigenvalue weighted by atomic mass is 10.3. The number of anilines is 1. The molecule has 0 radical (unpaired) electrons. The molecule has 0 bridgehead atoms. The minimum Gasteiger partial charge on any atom is -0.477 e. The molecule has 0 heterocycles. The summed E-state index contributed by atoms with van der Waals surface area (Å²) in [6, 6.07) is 6.89. The predicted molar refractivity (Wildman–Crippen MR) is 62.9 cm³/mol. The van der Waals surface area contributed by atoms with E-state index in [0.29, 0.717) is 11.4 Å². The van der Waals surface area contributed by atoms with Crippen LogP contribution in [0.3, 0.4) is 0 Å². The Bertz CT molecular complexity index is 417. The number of amides is 1. The third-order valence-electron chi connectivity index (χ3n) is 2.03. The fraction of sp³-hybridized carbons (Fsp3) is 0.333. The summed E-state index contributed by atoms with van der Waals surface area (Å²) in [4.78, 5) is 22.2.